The molecule has 9 heteroatoms. The number of rotatable bonds is 8. The normalized spacial score (nSPS) is 12.0. The van der Waals surface area contributed by atoms with Crippen LogP contribution in [0, 0.1) is 5.82 Å². The zero-order valence-electron chi connectivity index (χ0n) is 14.6. The van der Waals surface area contributed by atoms with Gasteiger partial charge >= 0.3 is 0 Å². The van der Waals surface area contributed by atoms with Crippen molar-refractivity contribution in [1.29, 1.82) is 0 Å². The molecule has 0 bridgehead atoms. The van der Waals surface area contributed by atoms with Crippen LogP contribution in [0.15, 0.2) is 57.9 Å². The highest BCUT2D eigenvalue weighted by molar-refractivity contribution is 6.44. The van der Waals surface area contributed by atoms with E-state index in [1.54, 1.807) is 7.05 Å². The molecule has 0 saturated carbocycles. The molecule has 1 heterocycles. The average Bonchev–Trinajstić information content (AvgIpc) is 2.60. The van der Waals surface area contributed by atoms with E-state index in [-0.39, 0.29) is 45.2 Å². The van der Waals surface area contributed by atoms with Gasteiger partial charge in [0.25, 0.3) is 5.56 Å². The van der Waals surface area contributed by atoms with Crippen LogP contribution in [0.4, 0.5) is 14.5 Å². The van der Waals surface area contributed by atoms with Crippen molar-refractivity contribution in [1.82, 2.24) is 14.9 Å². The number of hydrogen-bond acceptors (Lipinski definition) is 4. The first-order valence-corrected chi connectivity index (χ1v) is 8.65. The van der Waals surface area contributed by atoms with Gasteiger partial charge in [0.05, 0.1) is 28.4 Å². The van der Waals surface area contributed by atoms with Crippen molar-refractivity contribution >= 4 is 39.8 Å². The minimum Gasteiger partial charge on any atom is -0.372 e. The van der Waals surface area contributed by atoms with E-state index < -0.39 is 11.6 Å². The van der Waals surface area contributed by atoms with Gasteiger partial charge in [0.1, 0.15) is 11.3 Å². The molecule has 1 aromatic carbocycles. The van der Waals surface area contributed by atoms with Crippen LogP contribution in [0.1, 0.15) is 6.42 Å². The van der Waals surface area contributed by atoms with E-state index >= 15 is 0 Å². The molecule has 2 rings (SSSR count). The maximum atomic E-state index is 14.1. The summed E-state index contributed by atoms with van der Waals surface area (Å²) in [5, 5.41) is 6.18. The molecule has 2 aromatic rings. The molecule has 144 valence electrons. The predicted octanol–water partition coefficient (Wildman–Crippen LogP) is 4.15. The second-order valence-electron chi connectivity index (χ2n) is 5.72. The van der Waals surface area contributed by atoms with E-state index in [2.05, 4.69) is 28.8 Å². The van der Waals surface area contributed by atoms with Crippen molar-refractivity contribution in [3.8, 4) is 0 Å². The first kappa shape index (κ1) is 21.1. The smallest absolute Gasteiger partial charge is 0.261 e. The SMILES string of the molecule is C=C(Cl)/C(Cl)=C(/CCNCNc1cc(F)c2ncn(C)c(=O)c2c1)C(=C)F. The van der Waals surface area contributed by atoms with Gasteiger partial charge in [-0.2, -0.15) is 0 Å². The van der Waals surface area contributed by atoms with Gasteiger partial charge < -0.3 is 9.88 Å². The Bertz CT molecular complexity index is 985. The summed E-state index contributed by atoms with van der Waals surface area (Å²) in [6.07, 6.45) is 1.50. The highest BCUT2D eigenvalue weighted by Crippen LogP contribution is 2.27. The fourth-order valence-corrected chi connectivity index (χ4v) is 2.69. The summed E-state index contributed by atoms with van der Waals surface area (Å²) in [6.45, 7) is 7.28. The van der Waals surface area contributed by atoms with Crippen LogP contribution in [0.5, 0.6) is 0 Å². The zero-order chi connectivity index (χ0) is 20.1. The predicted molar refractivity (Wildman–Crippen MR) is 106 cm³/mol. The first-order valence-electron chi connectivity index (χ1n) is 7.90. The van der Waals surface area contributed by atoms with Gasteiger partial charge in [-0.05, 0) is 18.6 Å². The maximum Gasteiger partial charge on any atom is 0.261 e. The Hall–Kier alpha value is -2.22. The van der Waals surface area contributed by atoms with Gasteiger partial charge in [-0.3, -0.25) is 10.1 Å². The lowest BCUT2D eigenvalue weighted by Crippen LogP contribution is -2.24. The maximum absolute atomic E-state index is 14.1. The molecule has 2 N–H and O–H groups in total. The van der Waals surface area contributed by atoms with Crippen molar-refractivity contribution in [2.75, 3.05) is 18.5 Å². The lowest BCUT2D eigenvalue weighted by molar-refractivity contribution is 0.627. The molecule has 0 aliphatic rings. The minimum absolute atomic E-state index is 0.0174. The molecule has 0 aliphatic heterocycles. The van der Waals surface area contributed by atoms with Crippen LogP contribution in [0.3, 0.4) is 0 Å². The number of aryl methyl sites for hydroxylation is 1. The molecule has 0 atom stereocenters. The van der Waals surface area contributed by atoms with E-state index in [4.69, 9.17) is 23.2 Å². The fourth-order valence-electron chi connectivity index (χ4n) is 2.38. The van der Waals surface area contributed by atoms with Gasteiger partial charge in [0.2, 0.25) is 0 Å². The summed E-state index contributed by atoms with van der Waals surface area (Å²) in [7, 11) is 1.54. The Balaban J connectivity index is 2.01. The molecular weight excluding hydrogens is 397 g/mol. The third-order valence-electron chi connectivity index (χ3n) is 3.77. The lowest BCUT2D eigenvalue weighted by atomic mass is 10.1. The van der Waals surface area contributed by atoms with Crippen LogP contribution in [0.2, 0.25) is 0 Å². The molecule has 0 aliphatic carbocycles. The fraction of sp³-hybridized carbons (Fsp3) is 0.222. The summed E-state index contributed by atoms with van der Waals surface area (Å²) in [5.74, 6) is -1.28. The lowest BCUT2D eigenvalue weighted by Gasteiger charge is -2.11. The number of hydrogen-bond donors (Lipinski definition) is 2. The summed E-state index contributed by atoms with van der Waals surface area (Å²) in [4.78, 5) is 16.0. The summed E-state index contributed by atoms with van der Waals surface area (Å²) < 4.78 is 28.9. The monoisotopic (exact) mass is 414 g/mol. The quantitative estimate of drug-likeness (QED) is 0.387. The molecule has 1 aromatic heterocycles. The van der Waals surface area contributed by atoms with Gasteiger partial charge in [-0.1, -0.05) is 36.4 Å². The third-order valence-corrected chi connectivity index (χ3v) is 4.52. The molecule has 27 heavy (non-hydrogen) atoms. The highest BCUT2D eigenvalue weighted by atomic mass is 35.5. The van der Waals surface area contributed by atoms with Crippen LogP contribution in [0.25, 0.3) is 10.9 Å². The minimum atomic E-state index is -0.684. The molecule has 5 nitrogen and oxygen atoms in total. The summed E-state index contributed by atoms with van der Waals surface area (Å²) in [6, 6.07) is 2.78. The molecule has 0 amide bonds. The van der Waals surface area contributed by atoms with Crippen molar-refractivity contribution < 1.29 is 8.78 Å². The number of aromatic nitrogens is 2. The number of fused-ring (bicyclic) bond motifs is 1. The second kappa shape index (κ2) is 9.12. The van der Waals surface area contributed by atoms with Crippen molar-refractivity contribution in [3.63, 3.8) is 0 Å². The first-order chi connectivity index (χ1) is 12.7. The van der Waals surface area contributed by atoms with Crippen molar-refractivity contribution in [2.45, 2.75) is 6.42 Å². The van der Waals surface area contributed by atoms with Crippen LogP contribution in [-0.4, -0.2) is 22.8 Å². The zero-order valence-corrected chi connectivity index (χ0v) is 16.1. The largest absolute Gasteiger partial charge is 0.372 e. The summed E-state index contributed by atoms with van der Waals surface area (Å²) >= 11 is 11.6. The number of nitrogens with one attached hydrogen (secondary N) is 2. The van der Waals surface area contributed by atoms with Crippen LogP contribution >= 0.6 is 23.2 Å². The second-order valence-corrected chi connectivity index (χ2v) is 6.55. The van der Waals surface area contributed by atoms with Crippen LogP contribution < -0.4 is 16.2 Å². The van der Waals surface area contributed by atoms with E-state index in [0.29, 0.717) is 12.2 Å². The number of nitrogens with zero attached hydrogens (tertiary/aromatic N) is 2. The van der Waals surface area contributed by atoms with Crippen molar-refractivity contribution in [3.05, 3.63) is 69.3 Å². The van der Waals surface area contributed by atoms with E-state index in [1.807, 2.05) is 0 Å². The number of halogens is 4. The van der Waals surface area contributed by atoms with Gasteiger partial charge in [-0.15, -0.1) is 0 Å². The van der Waals surface area contributed by atoms with E-state index in [1.165, 1.54) is 23.0 Å². The van der Waals surface area contributed by atoms with Gasteiger partial charge in [-0.25, -0.2) is 13.8 Å². The van der Waals surface area contributed by atoms with Gasteiger partial charge in [0, 0.05) is 24.9 Å². The molecule has 0 spiro atoms. The third kappa shape index (κ3) is 5.15. The molecule has 0 radical (unpaired) electrons. The van der Waals surface area contributed by atoms with E-state index in [0.717, 1.165) is 0 Å². The average molecular weight is 415 g/mol. The van der Waals surface area contributed by atoms with E-state index in [9.17, 15) is 13.6 Å². The number of anilines is 1. The topological polar surface area (TPSA) is 59.0 Å². The Morgan fingerprint density at radius 3 is 2.67 bits per heavy atom. The Morgan fingerprint density at radius 2 is 2.04 bits per heavy atom. The molecule has 0 saturated heterocycles. The Kier molecular flexibility index (Phi) is 7.12. The number of benzene rings is 1. The molecule has 0 unspecified atom stereocenters. The van der Waals surface area contributed by atoms with Crippen LogP contribution in [-0.2, 0) is 7.05 Å². The Morgan fingerprint density at radius 1 is 1.33 bits per heavy atom. The highest BCUT2D eigenvalue weighted by Gasteiger charge is 2.11. The number of allylic oxidation sites excluding steroid dienone is 3. The molecule has 0 fully saturated rings. The Labute approximate surface area is 165 Å². The summed E-state index contributed by atoms with van der Waals surface area (Å²) in [5.41, 5.74) is 0.248. The standard InChI is InChI=1S/C18H18Cl2F2N4O/c1-10(19)16(20)13(11(2)21)4-5-23-8-24-12-6-14-17(15(22)7-12)25-9-26(3)18(14)27/h6-7,9,23-24H,1-2,4-5,8H2,3H3/b16-13+. The molecular formula is C18H18Cl2F2N4O. The van der Waals surface area contributed by atoms with Gasteiger partial charge in [0.15, 0.2) is 5.82 Å². The van der Waals surface area contributed by atoms with Crippen molar-refractivity contribution in [2.24, 2.45) is 7.05 Å².